The molecule has 5 heteroatoms. The normalized spacial score (nSPS) is 18.5. The Bertz CT molecular complexity index is 650. The van der Waals surface area contributed by atoms with E-state index in [1.807, 2.05) is 36.1 Å². The molecule has 1 aromatic heterocycles. The molecule has 0 aliphatic carbocycles. The summed E-state index contributed by atoms with van der Waals surface area (Å²) < 4.78 is 5.32. The summed E-state index contributed by atoms with van der Waals surface area (Å²) in [6, 6.07) is 7.93. The lowest BCUT2D eigenvalue weighted by Crippen LogP contribution is -2.25. The number of aryl methyl sites for hydroxylation is 2. The second-order valence-corrected chi connectivity index (χ2v) is 5.49. The van der Waals surface area contributed by atoms with E-state index in [1.54, 1.807) is 0 Å². The van der Waals surface area contributed by atoms with E-state index in [2.05, 4.69) is 17.1 Å². The molecule has 1 amide bonds. The van der Waals surface area contributed by atoms with Crippen molar-refractivity contribution in [2.24, 2.45) is 0 Å². The largest absolute Gasteiger partial charge is 0.339 e. The number of aromatic nitrogens is 2. The lowest BCUT2D eigenvalue weighted by molar-refractivity contribution is -0.117. The third kappa shape index (κ3) is 2.68. The minimum Gasteiger partial charge on any atom is -0.339 e. The molecule has 0 radical (unpaired) electrons. The van der Waals surface area contributed by atoms with Crippen LogP contribution in [0.2, 0.25) is 0 Å². The van der Waals surface area contributed by atoms with Gasteiger partial charge < -0.3 is 9.42 Å². The average molecular weight is 285 g/mol. The van der Waals surface area contributed by atoms with Crippen LogP contribution in [-0.4, -0.2) is 22.6 Å². The van der Waals surface area contributed by atoms with Crippen molar-refractivity contribution in [1.29, 1.82) is 0 Å². The van der Waals surface area contributed by atoms with E-state index in [-0.39, 0.29) is 11.8 Å². The Morgan fingerprint density at radius 1 is 1.38 bits per heavy atom. The zero-order chi connectivity index (χ0) is 14.8. The second-order valence-electron chi connectivity index (χ2n) is 5.49. The molecule has 2 heterocycles. The number of carbonyl (C=O) groups is 1. The third-order valence-corrected chi connectivity index (χ3v) is 3.84. The first-order valence-electron chi connectivity index (χ1n) is 7.37. The van der Waals surface area contributed by atoms with Gasteiger partial charge in [0.1, 0.15) is 0 Å². The highest BCUT2D eigenvalue weighted by atomic mass is 16.5. The molecule has 21 heavy (non-hydrogen) atoms. The number of para-hydroxylation sites is 1. The Kier molecular flexibility index (Phi) is 3.73. The van der Waals surface area contributed by atoms with E-state index in [4.69, 9.17) is 4.52 Å². The fourth-order valence-corrected chi connectivity index (χ4v) is 2.73. The Hall–Kier alpha value is -2.17. The van der Waals surface area contributed by atoms with Gasteiger partial charge in [-0.05, 0) is 25.0 Å². The summed E-state index contributed by atoms with van der Waals surface area (Å²) in [5, 5.41) is 3.97. The van der Waals surface area contributed by atoms with Gasteiger partial charge in [-0.25, -0.2) is 0 Å². The molecule has 1 aliphatic heterocycles. The maximum Gasteiger partial charge on any atom is 0.232 e. The SMILES string of the molecule is CCCc1noc([C@@H]2CC(=O)N(c3ccccc3C)C2)n1. The summed E-state index contributed by atoms with van der Waals surface area (Å²) >= 11 is 0. The summed E-state index contributed by atoms with van der Waals surface area (Å²) in [5.41, 5.74) is 2.07. The number of hydrogen-bond donors (Lipinski definition) is 0. The van der Waals surface area contributed by atoms with Crippen LogP contribution in [0.3, 0.4) is 0 Å². The number of benzene rings is 1. The van der Waals surface area contributed by atoms with E-state index in [1.165, 1.54) is 0 Å². The minimum atomic E-state index is -0.00443. The highest BCUT2D eigenvalue weighted by Crippen LogP contribution is 2.32. The fraction of sp³-hybridized carbons (Fsp3) is 0.438. The van der Waals surface area contributed by atoms with Crippen LogP contribution in [0.1, 0.15) is 43.0 Å². The number of nitrogens with zero attached hydrogens (tertiary/aromatic N) is 3. The van der Waals surface area contributed by atoms with Crippen molar-refractivity contribution in [3.8, 4) is 0 Å². The monoisotopic (exact) mass is 285 g/mol. The predicted octanol–water partition coefficient (Wildman–Crippen LogP) is 2.85. The summed E-state index contributed by atoms with van der Waals surface area (Å²) in [7, 11) is 0. The molecule has 110 valence electrons. The first-order valence-corrected chi connectivity index (χ1v) is 7.37. The van der Waals surface area contributed by atoms with Crippen LogP contribution in [0.4, 0.5) is 5.69 Å². The smallest absolute Gasteiger partial charge is 0.232 e. The average Bonchev–Trinajstić information content (AvgIpc) is 3.07. The van der Waals surface area contributed by atoms with Gasteiger partial charge in [-0.3, -0.25) is 4.79 Å². The van der Waals surface area contributed by atoms with E-state index in [9.17, 15) is 4.79 Å². The number of amides is 1. The van der Waals surface area contributed by atoms with Gasteiger partial charge in [-0.1, -0.05) is 30.3 Å². The molecule has 0 spiro atoms. The van der Waals surface area contributed by atoms with Gasteiger partial charge in [0.2, 0.25) is 11.8 Å². The molecule has 1 atom stereocenters. The summed E-state index contributed by atoms with van der Waals surface area (Å²) in [5.74, 6) is 1.43. The number of hydrogen-bond acceptors (Lipinski definition) is 4. The van der Waals surface area contributed by atoms with Crippen LogP contribution in [0.5, 0.6) is 0 Å². The van der Waals surface area contributed by atoms with Crippen molar-refractivity contribution in [3.63, 3.8) is 0 Å². The van der Waals surface area contributed by atoms with Gasteiger partial charge in [0.25, 0.3) is 0 Å². The van der Waals surface area contributed by atoms with Crippen LogP contribution >= 0.6 is 0 Å². The van der Waals surface area contributed by atoms with E-state index in [0.717, 1.165) is 29.9 Å². The molecule has 0 saturated carbocycles. The van der Waals surface area contributed by atoms with Gasteiger partial charge in [0, 0.05) is 25.1 Å². The van der Waals surface area contributed by atoms with Crippen molar-refractivity contribution in [2.75, 3.05) is 11.4 Å². The number of anilines is 1. The van der Waals surface area contributed by atoms with Gasteiger partial charge in [-0.15, -0.1) is 0 Å². The Morgan fingerprint density at radius 2 is 2.19 bits per heavy atom. The van der Waals surface area contributed by atoms with Crippen LogP contribution in [0.25, 0.3) is 0 Å². The van der Waals surface area contributed by atoms with Crippen LogP contribution in [0.15, 0.2) is 28.8 Å². The lowest BCUT2D eigenvalue weighted by Gasteiger charge is -2.18. The molecule has 1 aliphatic rings. The second kappa shape index (κ2) is 5.68. The summed E-state index contributed by atoms with van der Waals surface area (Å²) in [6.07, 6.45) is 2.23. The number of rotatable bonds is 4. The van der Waals surface area contributed by atoms with Gasteiger partial charge in [0.05, 0.1) is 5.92 Å². The lowest BCUT2D eigenvalue weighted by atomic mass is 10.1. The number of carbonyl (C=O) groups excluding carboxylic acids is 1. The van der Waals surface area contributed by atoms with Gasteiger partial charge in [0.15, 0.2) is 5.82 Å². The maximum absolute atomic E-state index is 12.3. The molecule has 0 N–H and O–H groups in total. The van der Waals surface area contributed by atoms with Crippen LogP contribution < -0.4 is 4.90 Å². The third-order valence-electron chi connectivity index (χ3n) is 3.84. The van der Waals surface area contributed by atoms with E-state index >= 15 is 0 Å². The zero-order valence-electron chi connectivity index (χ0n) is 12.4. The fourth-order valence-electron chi connectivity index (χ4n) is 2.73. The highest BCUT2D eigenvalue weighted by Gasteiger charge is 2.35. The predicted molar refractivity (Wildman–Crippen MR) is 79.2 cm³/mol. The Morgan fingerprint density at radius 3 is 2.95 bits per heavy atom. The molecule has 0 unspecified atom stereocenters. The van der Waals surface area contributed by atoms with E-state index < -0.39 is 0 Å². The molecule has 2 aromatic rings. The molecular weight excluding hydrogens is 266 g/mol. The summed E-state index contributed by atoms with van der Waals surface area (Å²) in [4.78, 5) is 18.5. The quantitative estimate of drug-likeness (QED) is 0.866. The maximum atomic E-state index is 12.3. The summed E-state index contributed by atoms with van der Waals surface area (Å²) in [6.45, 7) is 4.70. The van der Waals surface area contributed by atoms with Gasteiger partial charge >= 0.3 is 0 Å². The Labute approximate surface area is 124 Å². The van der Waals surface area contributed by atoms with Crippen molar-refractivity contribution in [2.45, 2.75) is 39.0 Å². The molecule has 3 rings (SSSR count). The molecule has 0 bridgehead atoms. The topological polar surface area (TPSA) is 59.2 Å². The minimum absolute atomic E-state index is 0.00443. The molecular formula is C16H19N3O2. The van der Waals surface area contributed by atoms with E-state index in [0.29, 0.717) is 18.9 Å². The molecule has 1 aromatic carbocycles. The van der Waals surface area contributed by atoms with Crippen molar-refractivity contribution >= 4 is 11.6 Å². The standard InChI is InChI=1S/C16H19N3O2/c1-3-6-14-17-16(21-18-14)12-9-15(20)19(10-12)13-8-5-4-7-11(13)2/h4-5,7-8,12H,3,6,9-10H2,1-2H3/t12-/m1/s1. The first-order chi connectivity index (χ1) is 10.2. The van der Waals surface area contributed by atoms with Gasteiger partial charge in [-0.2, -0.15) is 4.98 Å². The zero-order valence-corrected chi connectivity index (χ0v) is 12.4. The molecule has 1 fully saturated rings. The Balaban J connectivity index is 1.79. The molecule has 5 nitrogen and oxygen atoms in total. The van der Waals surface area contributed by atoms with Crippen molar-refractivity contribution in [3.05, 3.63) is 41.5 Å². The van der Waals surface area contributed by atoms with Crippen LogP contribution in [-0.2, 0) is 11.2 Å². The van der Waals surface area contributed by atoms with Crippen molar-refractivity contribution < 1.29 is 9.32 Å². The molecule has 1 saturated heterocycles. The first kappa shape index (κ1) is 13.8. The highest BCUT2D eigenvalue weighted by molar-refractivity contribution is 5.97. The van der Waals surface area contributed by atoms with Crippen LogP contribution in [0, 0.1) is 6.92 Å². The van der Waals surface area contributed by atoms with Crippen molar-refractivity contribution in [1.82, 2.24) is 10.1 Å².